The third-order valence-corrected chi connectivity index (χ3v) is 4.31. The van der Waals surface area contributed by atoms with Gasteiger partial charge in [-0.1, -0.05) is 13.8 Å². The van der Waals surface area contributed by atoms with E-state index in [0.29, 0.717) is 17.5 Å². The van der Waals surface area contributed by atoms with Gasteiger partial charge in [0.25, 0.3) is 0 Å². The summed E-state index contributed by atoms with van der Waals surface area (Å²) in [5.74, 6) is 0.716. The quantitative estimate of drug-likeness (QED) is 0.837. The summed E-state index contributed by atoms with van der Waals surface area (Å²) < 4.78 is 2.14. The fourth-order valence-electron chi connectivity index (χ4n) is 2.93. The van der Waals surface area contributed by atoms with Crippen LogP contribution in [0.2, 0.25) is 0 Å². The number of benzene rings is 1. The molecule has 2 aromatic rings. The van der Waals surface area contributed by atoms with E-state index in [1.807, 2.05) is 24.4 Å². The van der Waals surface area contributed by atoms with E-state index >= 15 is 0 Å². The summed E-state index contributed by atoms with van der Waals surface area (Å²) in [7, 11) is 0. The fraction of sp³-hybridized carbons (Fsp3) is 0.500. The van der Waals surface area contributed by atoms with E-state index in [4.69, 9.17) is 5.26 Å². The average Bonchev–Trinajstić information content (AvgIpc) is 3.12. The lowest BCUT2D eigenvalue weighted by molar-refractivity contribution is 0.284. The van der Waals surface area contributed by atoms with Crippen molar-refractivity contribution in [3.63, 3.8) is 0 Å². The van der Waals surface area contributed by atoms with E-state index in [0.717, 1.165) is 30.5 Å². The van der Waals surface area contributed by atoms with Gasteiger partial charge in [0.05, 0.1) is 29.4 Å². The van der Waals surface area contributed by atoms with Crippen LogP contribution in [0.25, 0.3) is 10.9 Å². The molecule has 2 unspecified atom stereocenters. The maximum absolute atomic E-state index is 8.94. The number of nitrogens with zero attached hydrogens (tertiary/aromatic N) is 4. The zero-order valence-electron chi connectivity index (χ0n) is 12.1. The minimum atomic E-state index is 0.529. The van der Waals surface area contributed by atoms with Crippen molar-refractivity contribution < 1.29 is 0 Å². The van der Waals surface area contributed by atoms with Crippen LogP contribution in [0.4, 0.5) is 0 Å². The van der Waals surface area contributed by atoms with Crippen LogP contribution in [-0.4, -0.2) is 34.3 Å². The predicted molar refractivity (Wildman–Crippen MR) is 79.4 cm³/mol. The Labute approximate surface area is 119 Å². The van der Waals surface area contributed by atoms with Crippen LogP contribution in [0.15, 0.2) is 24.4 Å². The van der Waals surface area contributed by atoms with E-state index in [9.17, 15) is 0 Å². The van der Waals surface area contributed by atoms with Crippen molar-refractivity contribution in [2.45, 2.75) is 26.3 Å². The summed E-state index contributed by atoms with van der Waals surface area (Å²) in [6, 6.07) is 8.52. The first-order valence-corrected chi connectivity index (χ1v) is 7.36. The first kappa shape index (κ1) is 13.1. The van der Waals surface area contributed by atoms with Crippen LogP contribution in [0.5, 0.6) is 0 Å². The molecule has 1 aliphatic carbocycles. The molecule has 4 heteroatoms. The molecule has 1 aromatic carbocycles. The molecule has 0 bridgehead atoms. The van der Waals surface area contributed by atoms with Gasteiger partial charge in [0, 0.05) is 11.9 Å². The lowest BCUT2D eigenvalue weighted by Crippen LogP contribution is -2.25. The zero-order chi connectivity index (χ0) is 14.1. The Morgan fingerprint density at radius 3 is 2.90 bits per heavy atom. The Bertz CT molecular complexity index is 648. The third-order valence-electron chi connectivity index (χ3n) is 4.31. The van der Waals surface area contributed by atoms with Gasteiger partial charge in [0.2, 0.25) is 0 Å². The molecule has 20 heavy (non-hydrogen) atoms. The highest BCUT2D eigenvalue weighted by Gasteiger charge is 2.40. The standard InChI is InChI=1S/C16H20N4/c1-3-19(4-2)11-14-8-16(14)20-15-6-5-12(9-17)7-13(15)10-18-20/h5-7,10,14,16H,3-4,8,11H2,1-2H3. The smallest absolute Gasteiger partial charge is 0.0991 e. The Balaban J connectivity index is 1.78. The number of nitriles is 1. The lowest BCUT2D eigenvalue weighted by Gasteiger charge is -2.17. The number of aromatic nitrogens is 2. The predicted octanol–water partition coefficient (Wildman–Crippen LogP) is 2.81. The molecule has 0 amide bonds. The van der Waals surface area contributed by atoms with Gasteiger partial charge >= 0.3 is 0 Å². The van der Waals surface area contributed by atoms with Crippen molar-refractivity contribution in [2.24, 2.45) is 5.92 Å². The zero-order valence-corrected chi connectivity index (χ0v) is 12.1. The van der Waals surface area contributed by atoms with Crippen molar-refractivity contribution >= 4 is 10.9 Å². The molecule has 3 rings (SSSR count). The second-order valence-electron chi connectivity index (χ2n) is 5.52. The summed E-state index contributed by atoms with van der Waals surface area (Å²) in [5.41, 5.74) is 1.85. The van der Waals surface area contributed by atoms with E-state index < -0.39 is 0 Å². The summed E-state index contributed by atoms with van der Waals surface area (Å²) in [6.45, 7) is 7.83. The normalized spacial score (nSPS) is 21.3. The van der Waals surface area contributed by atoms with E-state index in [1.54, 1.807) is 0 Å². The molecule has 0 N–H and O–H groups in total. The molecule has 0 aliphatic heterocycles. The highest BCUT2D eigenvalue weighted by molar-refractivity contribution is 5.80. The van der Waals surface area contributed by atoms with Crippen molar-refractivity contribution in [3.8, 4) is 6.07 Å². The second kappa shape index (κ2) is 5.26. The highest BCUT2D eigenvalue weighted by Crippen LogP contribution is 2.44. The lowest BCUT2D eigenvalue weighted by atomic mass is 10.2. The van der Waals surface area contributed by atoms with Gasteiger partial charge in [-0.25, -0.2) is 0 Å². The molecular formula is C16H20N4. The monoisotopic (exact) mass is 268 g/mol. The Morgan fingerprint density at radius 2 is 2.20 bits per heavy atom. The number of fused-ring (bicyclic) bond motifs is 1. The molecule has 1 aromatic heterocycles. The first-order chi connectivity index (χ1) is 9.76. The van der Waals surface area contributed by atoms with Gasteiger partial charge in [-0.15, -0.1) is 0 Å². The topological polar surface area (TPSA) is 44.9 Å². The molecule has 4 nitrogen and oxygen atoms in total. The molecule has 1 aliphatic rings. The Hall–Kier alpha value is -1.86. The highest BCUT2D eigenvalue weighted by atomic mass is 15.3. The minimum absolute atomic E-state index is 0.529. The van der Waals surface area contributed by atoms with Crippen molar-refractivity contribution in [2.75, 3.05) is 19.6 Å². The maximum atomic E-state index is 8.94. The van der Waals surface area contributed by atoms with Gasteiger partial charge in [0.1, 0.15) is 0 Å². The largest absolute Gasteiger partial charge is 0.304 e. The SMILES string of the molecule is CCN(CC)CC1CC1n1ncc2cc(C#N)ccc21. The molecule has 2 atom stereocenters. The van der Waals surface area contributed by atoms with Crippen LogP contribution < -0.4 is 0 Å². The minimum Gasteiger partial charge on any atom is -0.304 e. The van der Waals surface area contributed by atoms with Gasteiger partial charge in [-0.2, -0.15) is 10.4 Å². The molecule has 1 fully saturated rings. The van der Waals surface area contributed by atoms with Gasteiger partial charge in [-0.05, 0) is 43.6 Å². The Kier molecular flexibility index (Phi) is 3.45. The summed E-state index contributed by atoms with van der Waals surface area (Å²) in [4.78, 5) is 2.48. The molecule has 0 radical (unpaired) electrons. The number of rotatable bonds is 5. The van der Waals surface area contributed by atoms with Crippen molar-refractivity contribution in [3.05, 3.63) is 30.0 Å². The van der Waals surface area contributed by atoms with Crippen LogP contribution >= 0.6 is 0 Å². The van der Waals surface area contributed by atoms with E-state index in [1.165, 1.54) is 6.42 Å². The van der Waals surface area contributed by atoms with Crippen LogP contribution in [0.1, 0.15) is 31.9 Å². The average molecular weight is 268 g/mol. The maximum Gasteiger partial charge on any atom is 0.0991 e. The molecule has 1 heterocycles. The van der Waals surface area contributed by atoms with Crippen molar-refractivity contribution in [1.29, 1.82) is 5.26 Å². The first-order valence-electron chi connectivity index (χ1n) is 7.36. The molecule has 1 saturated carbocycles. The summed E-state index contributed by atoms with van der Waals surface area (Å²) in [6.07, 6.45) is 3.09. The van der Waals surface area contributed by atoms with Crippen LogP contribution in [0.3, 0.4) is 0 Å². The summed E-state index contributed by atoms with van der Waals surface area (Å²) in [5, 5.41) is 14.5. The summed E-state index contributed by atoms with van der Waals surface area (Å²) >= 11 is 0. The van der Waals surface area contributed by atoms with Crippen LogP contribution in [0, 0.1) is 17.2 Å². The molecule has 104 valence electrons. The Morgan fingerprint density at radius 1 is 1.40 bits per heavy atom. The van der Waals surface area contributed by atoms with E-state index in [2.05, 4.69) is 34.6 Å². The van der Waals surface area contributed by atoms with Gasteiger partial charge in [-0.3, -0.25) is 4.68 Å². The molecular weight excluding hydrogens is 248 g/mol. The van der Waals surface area contributed by atoms with Gasteiger partial charge in [0.15, 0.2) is 0 Å². The molecule has 0 spiro atoms. The number of hydrogen-bond acceptors (Lipinski definition) is 3. The van der Waals surface area contributed by atoms with Crippen LogP contribution in [-0.2, 0) is 0 Å². The number of hydrogen-bond donors (Lipinski definition) is 0. The fourth-order valence-corrected chi connectivity index (χ4v) is 2.93. The second-order valence-corrected chi connectivity index (χ2v) is 5.52. The van der Waals surface area contributed by atoms with E-state index in [-0.39, 0.29) is 0 Å². The molecule has 0 saturated heterocycles. The van der Waals surface area contributed by atoms with Gasteiger partial charge < -0.3 is 4.90 Å². The third kappa shape index (κ3) is 2.30. The van der Waals surface area contributed by atoms with Crippen molar-refractivity contribution in [1.82, 2.24) is 14.7 Å².